The number of imidazole rings is 1. The van der Waals surface area contributed by atoms with Crippen molar-refractivity contribution < 1.29 is 14.3 Å². The molecule has 0 bridgehead atoms. The fourth-order valence-corrected chi connectivity index (χ4v) is 2.82. The van der Waals surface area contributed by atoms with Crippen LogP contribution in [0, 0.1) is 6.92 Å². The lowest BCUT2D eigenvalue weighted by molar-refractivity contribution is -0.116. The second-order valence-corrected chi connectivity index (χ2v) is 6.27. The van der Waals surface area contributed by atoms with E-state index in [0.29, 0.717) is 30.4 Å². The van der Waals surface area contributed by atoms with E-state index in [-0.39, 0.29) is 12.7 Å². The van der Waals surface area contributed by atoms with Gasteiger partial charge in [0.1, 0.15) is 23.8 Å². The molecule has 0 spiro atoms. The van der Waals surface area contributed by atoms with Gasteiger partial charge in [-0.05, 0) is 30.7 Å². The number of carbonyl (C=O) groups is 1. The van der Waals surface area contributed by atoms with Crippen LogP contribution in [0.15, 0.2) is 49.1 Å². The fourth-order valence-electron chi connectivity index (χ4n) is 2.82. The molecule has 29 heavy (non-hydrogen) atoms. The largest absolute Gasteiger partial charge is 0.454 e. The minimum absolute atomic E-state index is 0.179. The van der Waals surface area contributed by atoms with Gasteiger partial charge < -0.3 is 20.1 Å². The van der Waals surface area contributed by atoms with Gasteiger partial charge in [-0.3, -0.25) is 9.36 Å². The van der Waals surface area contributed by atoms with Crippen LogP contribution in [0.4, 0.5) is 5.82 Å². The van der Waals surface area contributed by atoms with E-state index in [0.717, 1.165) is 17.2 Å². The first-order chi connectivity index (χ1) is 14.2. The Balaban J connectivity index is 1.24. The van der Waals surface area contributed by atoms with Crippen LogP contribution in [-0.4, -0.2) is 45.3 Å². The number of hydrogen-bond acceptors (Lipinski definition) is 7. The number of anilines is 1. The molecule has 3 heterocycles. The van der Waals surface area contributed by atoms with Gasteiger partial charge in [-0.15, -0.1) is 0 Å². The predicted molar refractivity (Wildman–Crippen MR) is 107 cm³/mol. The van der Waals surface area contributed by atoms with E-state index in [1.807, 2.05) is 42.0 Å². The molecular formula is C20H20N6O3. The first-order valence-corrected chi connectivity index (χ1v) is 9.11. The summed E-state index contributed by atoms with van der Waals surface area (Å²) in [5.74, 6) is 3.47. The lowest BCUT2D eigenvalue weighted by atomic mass is 10.2. The van der Waals surface area contributed by atoms with Gasteiger partial charge in [0, 0.05) is 37.6 Å². The zero-order valence-electron chi connectivity index (χ0n) is 15.8. The minimum atomic E-state index is -0.179. The third kappa shape index (κ3) is 4.52. The van der Waals surface area contributed by atoms with Gasteiger partial charge in [0.05, 0.1) is 0 Å². The highest BCUT2D eigenvalue weighted by atomic mass is 16.7. The van der Waals surface area contributed by atoms with E-state index in [4.69, 9.17) is 9.47 Å². The van der Waals surface area contributed by atoms with Crippen LogP contribution in [0.2, 0.25) is 0 Å². The van der Waals surface area contributed by atoms with E-state index in [2.05, 4.69) is 25.6 Å². The molecule has 1 amide bonds. The molecule has 148 valence electrons. The standard InChI is InChI=1S/C20H20N6O3/c1-14-21-8-9-26(14)19-11-18(24-12-25-19)22-6-7-23-20(27)5-3-15-2-4-16-17(10-15)29-13-28-16/h2-5,8-12H,6-7,13H2,1H3,(H,23,27)(H,22,24,25)/b5-3+. The number of aromatic nitrogens is 4. The number of nitrogens with one attached hydrogen (secondary N) is 2. The third-order valence-corrected chi connectivity index (χ3v) is 4.28. The van der Waals surface area contributed by atoms with Gasteiger partial charge in [-0.25, -0.2) is 15.0 Å². The summed E-state index contributed by atoms with van der Waals surface area (Å²) in [7, 11) is 0. The summed E-state index contributed by atoms with van der Waals surface area (Å²) < 4.78 is 12.5. The highest BCUT2D eigenvalue weighted by Gasteiger charge is 2.12. The predicted octanol–water partition coefficient (Wildman–Crippen LogP) is 1.94. The minimum Gasteiger partial charge on any atom is -0.454 e. The SMILES string of the molecule is Cc1nccn1-c1cc(NCCNC(=O)/C=C/c2ccc3c(c2)OCO3)ncn1. The van der Waals surface area contributed by atoms with Crippen molar-refractivity contribution >= 4 is 17.8 Å². The van der Waals surface area contributed by atoms with Gasteiger partial charge in [0.15, 0.2) is 11.5 Å². The summed E-state index contributed by atoms with van der Waals surface area (Å²) >= 11 is 0. The summed E-state index contributed by atoms with van der Waals surface area (Å²) in [6, 6.07) is 7.36. The smallest absolute Gasteiger partial charge is 0.244 e. The molecule has 0 atom stereocenters. The lowest BCUT2D eigenvalue weighted by Gasteiger charge is -2.08. The summed E-state index contributed by atoms with van der Waals surface area (Å²) in [4.78, 5) is 24.6. The Labute approximate surface area is 167 Å². The summed E-state index contributed by atoms with van der Waals surface area (Å²) in [5.41, 5.74) is 0.867. The number of fused-ring (bicyclic) bond motifs is 1. The van der Waals surface area contributed by atoms with Crippen molar-refractivity contribution in [1.82, 2.24) is 24.8 Å². The molecule has 3 aromatic rings. The molecule has 4 rings (SSSR count). The second-order valence-electron chi connectivity index (χ2n) is 6.27. The molecule has 0 saturated carbocycles. The zero-order valence-corrected chi connectivity index (χ0v) is 15.8. The number of rotatable bonds is 7. The van der Waals surface area contributed by atoms with Crippen LogP contribution in [0.1, 0.15) is 11.4 Å². The Morgan fingerprint density at radius 1 is 1.17 bits per heavy atom. The Hall–Kier alpha value is -3.88. The van der Waals surface area contributed by atoms with Crippen LogP contribution in [0.25, 0.3) is 11.9 Å². The molecule has 9 nitrogen and oxygen atoms in total. The van der Waals surface area contributed by atoms with Gasteiger partial charge in [0.25, 0.3) is 0 Å². The van der Waals surface area contributed by atoms with E-state index in [9.17, 15) is 4.79 Å². The second kappa shape index (κ2) is 8.42. The zero-order chi connectivity index (χ0) is 20.1. The van der Waals surface area contributed by atoms with E-state index in [1.54, 1.807) is 12.3 Å². The molecule has 1 aliphatic heterocycles. The van der Waals surface area contributed by atoms with Crippen molar-refractivity contribution in [2.24, 2.45) is 0 Å². The van der Waals surface area contributed by atoms with Crippen LogP contribution >= 0.6 is 0 Å². The van der Waals surface area contributed by atoms with Gasteiger partial charge >= 0.3 is 0 Å². The maximum atomic E-state index is 12.0. The molecule has 0 saturated heterocycles. The van der Waals surface area contributed by atoms with E-state index in [1.165, 1.54) is 12.4 Å². The lowest BCUT2D eigenvalue weighted by Crippen LogP contribution is -2.27. The van der Waals surface area contributed by atoms with Crippen molar-refractivity contribution in [3.05, 3.63) is 60.5 Å². The third-order valence-electron chi connectivity index (χ3n) is 4.28. The Kier molecular flexibility index (Phi) is 5.37. The van der Waals surface area contributed by atoms with Gasteiger partial charge in [-0.2, -0.15) is 0 Å². The maximum Gasteiger partial charge on any atom is 0.244 e. The van der Waals surface area contributed by atoms with Crippen LogP contribution in [0.3, 0.4) is 0 Å². The number of aryl methyl sites for hydroxylation is 1. The summed E-state index contributed by atoms with van der Waals surface area (Å²) in [6.45, 7) is 3.12. The number of nitrogens with zero attached hydrogens (tertiary/aromatic N) is 4. The molecule has 0 fully saturated rings. The van der Waals surface area contributed by atoms with E-state index >= 15 is 0 Å². The molecule has 1 aromatic carbocycles. The first kappa shape index (κ1) is 18.5. The molecule has 2 aromatic heterocycles. The molecule has 2 N–H and O–H groups in total. The van der Waals surface area contributed by atoms with Crippen molar-refractivity contribution in [3.8, 4) is 17.3 Å². The molecular weight excluding hydrogens is 372 g/mol. The van der Waals surface area contributed by atoms with Gasteiger partial charge in [-0.1, -0.05) is 6.07 Å². The number of hydrogen-bond donors (Lipinski definition) is 2. The molecule has 9 heteroatoms. The normalized spacial score (nSPS) is 12.3. The fraction of sp³-hybridized carbons (Fsp3) is 0.200. The van der Waals surface area contributed by atoms with Crippen molar-refractivity contribution in [2.45, 2.75) is 6.92 Å². The van der Waals surface area contributed by atoms with Crippen LogP contribution in [-0.2, 0) is 4.79 Å². The number of ether oxygens (including phenoxy) is 2. The summed E-state index contributed by atoms with van der Waals surface area (Å²) in [5, 5.41) is 5.99. The first-order valence-electron chi connectivity index (χ1n) is 9.11. The Morgan fingerprint density at radius 2 is 2.07 bits per heavy atom. The van der Waals surface area contributed by atoms with Crippen LogP contribution < -0.4 is 20.1 Å². The monoisotopic (exact) mass is 392 g/mol. The molecule has 1 aliphatic rings. The Bertz CT molecular complexity index is 1050. The number of benzene rings is 1. The topological polar surface area (TPSA) is 103 Å². The number of amides is 1. The molecule has 0 aliphatic carbocycles. The summed E-state index contributed by atoms with van der Waals surface area (Å²) in [6.07, 6.45) is 8.27. The van der Waals surface area contributed by atoms with Crippen molar-refractivity contribution in [3.63, 3.8) is 0 Å². The average molecular weight is 392 g/mol. The number of carbonyl (C=O) groups excluding carboxylic acids is 1. The van der Waals surface area contributed by atoms with Gasteiger partial charge in [0.2, 0.25) is 12.7 Å². The highest BCUT2D eigenvalue weighted by molar-refractivity contribution is 5.91. The highest BCUT2D eigenvalue weighted by Crippen LogP contribution is 2.32. The van der Waals surface area contributed by atoms with E-state index < -0.39 is 0 Å². The Morgan fingerprint density at radius 3 is 2.93 bits per heavy atom. The molecule has 0 unspecified atom stereocenters. The average Bonchev–Trinajstić information content (AvgIpc) is 3.38. The van der Waals surface area contributed by atoms with Crippen molar-refractivity contribution in [1.29, 1.82) is 0 Å². The van der Waals surface area contributed by atoms with Crippen LogP contribution in [0.5, 0.6) is 11.5 Å². The maximum absolute atomic E-state index is 12.0. The molecule has 0 radical (unpaired) electrons. The van der Waals surface area contributed by atoms with Crippen molar-refractivity contribution in [2.75, 3.05) is 25.2 Å². The quantitative estimate of drug-likeness (QED) is 0.468.